The third kappa shape index (κ3) is 5.13. The maximum absolute atomic E-state index is 14.0. The number of aromatic nitrogens is 2. The smallest absolute Gasteiger partial charge is 0.333 e. The van der Waals surface area contributed by atoms with Gasteiger partial charge in [-0.2, -0.15) is 23.5 Å². The van der Waals surface area contributed by atoms with E-state index in [0.717, 1.165) is 23.4 Å². The van der Waals surface area contributed by atoms with Gasteiger partial charge in [0.1, 0.15) is 10.9 Å². The molecule has 0 unspecified atom stereocenters. The van der Waals surface area contributed by atoms with Crippen molar-refractivity contribution in [2.75, 3.05) is 13.1 Å². The van der Waals surface area contributed by atoms with Gasteiger partial charge in [0.25, 0.3) is 0 Å². The molecule has 10 heteroatoms. The quantitative estimate of drug-likeness (QED) is 0.432. The van der Waals surface area contributed by atoms with Crippen molar-refractivity contribution in [1.29, 1.82) is 5.26 Å². The Hall–Kier alpha value is -3.42. The zero-order chi connectivity index (χ0) is 27.0. The number of nitriles is 1. The van der Waals surface area contributed by atoms with Crippen LogP contribution in [0.4, 0.5) is 13.2 Å². The van der Waals surface area contributed by atoms with Crippen molar-refractivity contribution in [2.45, 2.75) is 51.5 Å². The molecule has 2 aliphatic heterocycles. The highest BCUT2D eigenvalue weighted by Crippen LogP contribution is 2.44. The molecule has 1 N–H and O–H groups in total. The lowest BCUT2D eigenvalue weighted by Gasteiger charge is -2.33. The van der Waals surface area contributed by atoms with E-state index in [4.69, 9.17) is 0 Å². The molecule has 0 bridgehead atoms. The summed E-state index contributed by atoms with van der Waals surface area (Å²) >= 11 is 1.33. The summed E-state index contributed by atoms with van der Waals surface area (Å²) in [6, 6.07) is 11.1. The number of hydrogen-bond acceptors (Lipinski definition) is 5. The van der Waals surface area contributed by atoms with Crippen LogP contribution in [0.1, 0.15) is 52.8 Å². The number of aryl methyl sites for hydroxylation is 1. The van der Waals surface area contributed by atoms with Crippen LogP contribution in [0.5, 0.6) is 0 Å². The van der Waals surface area contributed by atoms with Gasteiger partial charge in [0.15, 0.2) is 5.69 Å². The van der Waals surface area contributed by atoms with Crippen molar-refractivity contribution >= 4 is 17.2 Å². The van der Waals surface area contributed by atoms with E-state index in [1.54, 1.807) is 36.1 Å². The molecular weight excluding hydrogens is 511 g/mol. The van der Waals surface area contributed by atoms with Crippen LogP contribution in [0.15, 0.2) is 48.7 Å². The van der Waals surface area contributed by atoms with E-state index in [2.05, 4.69) is 23.4 Å². The Kier molecular flexibility index (Phi) is 7.16. The first-order chi connectivity index (χ1) is 18.2. The summed E-state index contributed by atoms with van der Waals surface area (Å²) in [4.78, 5) is 16.4. The van der Waals surface area contributed by atoms with Crippen molar-refractivity contribution in [2.24, 2.45) is 5.92 Å². The Morgan fingerprint density at radius 3 is 2.76 bits per heavy atom. The van der Waals surface area contributed by atoms with Crippen LogP contribution in [0.25, 0.3) is 11.1 Å². The Labute approximate surface area is 223 Å². The zero-order valence-electron chi connectivity index (χ0n) is 21.1. The van der Waals surface area contributed by atoms with Crippen LogP contribution in [-0.2, 0) is 24.1 Å². The van der Waals surface area contributed by atoms with Crippen LogP contribution in [0.3, 0.4) is 0 Å². The molecule has 2 aromatic heterocycles. The number of nitrogens with zero attached hydrogens (tertiary/aromatic N) is 4. The van der Waals surface area contributed by atoms with E-state index >= 15 is 0 Å². The second kappa shape index (κ2) is 10.4. The van der Waals surface area contributed by atoms with Gasteiger partial charge in [0.05, 0.1) is 6.54 Å². The number of carbonyl (C=O) groups is 1. The van der Waals surface area contributed by atoms with Gasteiger partial charge in [0, 0.05) is 47.8 Å². The molecular formula is C28H28F3N5OS. The fourth-order valence-electron chi connectivity index (χ4n) is 5.35. The fraction of sp³-hybridized carbons (Fsp3) is 0.393. The first-order valence-electron chi connectivity index (χ1n) is 12.6. The van der Waals surface area contributed by atoms with Crippen LogP contribution >= 0.6 is 11.3 Å². The summed E-state index contributed by atoms with van der Waals surface area (Å²) in [6.45, 7) is 5.78. The van der Waals surface area contributed by atoms with E-state index in [1.807, 2.05) is 18.2 Å². The van der Waals surface area contributed by atoms with Crippen molar-refractivity contribution in [3.8, 4) is 17.2 Å². The maximum atomic E-state index is 14.0. The summed E-state index contributed by atoms with van der Waals surface area (Å²) in [6.07, 6.45) is 1.27. The minimum atomic E-state index is -4.62. The van der Waals surface area contributed by atoms with Crippen LogP contribution < -0.4 is 5.32 Å². The molecule has 0 saturated carbocycles. The van der Waals surface area contributed by atoms with E-state index in [9.17, 15) is 23.2 Å². The molecule has 1 saturated heterocycles. The number of halogens is 3. The highest BCUT2D eigenvalue weighted by atomic mass is 32.1. The average molecular weight is 540 g/mol. The lowest BCUT2D eigenvalue weighted by molar-refractivity contribution is -0.141. The fourth-order valence-corrected chi connectivity index (χ4v) is 6.38. The third-order valence-corrected chi connectivity index (χ3v) is 8.25. The number of fused-ring (bicyclic) bond motifs is 1. The van der Waals surface area contributed by atoms with Gasteiger partial charge in [-0.3, -0.25) is 9.48 Å². The zero-order valence-corrected chi connectivity index (χ0v) is 21.9. The highest BCUT2D eigenvalue weighted by Gasteiger charge is 2.39. The number of carbonyl (C=O) groups excluding carboxylic acids is 1. The van der Waals surface area contributed by atoms with Crippen molar-refractivity contribution in [3.05, 3.63) is 75.3 Å². The lowest BCUT2D eigenvalue weighted by Crippen LogP contribution is -2.37. The molecule has 1 aromatic carbocycles. The number of rotatable bonds is 5. The topological polar surface area (TPSA) is 74.0 Å². The number of benzene rings is 1. The Bertz CT molecular complexity index is 1420. The molecule has 0 radical (unpaired) electrons. The highest BCUT2D eigenvalue weighted by molar-refractivity contribution is 7.12. The minimum Gasteiger partial charge on any atom is -0.333 e. The molecule has 5 rings (SSSR count). The van der Waals surface area contributed by atoms with Gasteiger partial charge < -0.3 is 10.2 Å². The maximum Gasteiger partial charge on any atom is 0.435 e. The van der Waals surface area contributed by atoms with Crippen LogP contribution in [-0.4, -0.2) is 39.7 Å². The SMILES string of the molecule is CCn1cc(-c2ccccc2[C@@H]2CN(C(=O)/C=C/[C@@H]3C[C@@H](C)CN3)Cc3sc(C#N)cc32)c(C(F)(F)F)n1. The first kappa shape index (κ1) is 26.2. The number of alkyl halides is 3. The van der Waals surface area contributed by atoms with Gasteiger partial charge in [-0.25, -0.2) is 0 Å². The van der Waals surface area contributed by atoms with E-state index in [-0.39, 0.29) is 23.4 Å². The summed E-state index contributed by atoms with van der Waals surface area (Å²) in [7, 11) is 0. The molecule has 1 amide bonds. The van der Waals surface area contributed by atoms with Crippen molar-refractivity contribution in [1.82, 2.24) is 20.0 Å². The Morgan fingerprint density at radius 1 is 1.29 bits per heavy atom. The van der Waals surface area contributed by atoms with Crippen molar-refractivity contribution in [3.63, 3.8) is 0 Å². The average Bonchev–Trinajstić information content (AvgIpc) is 3.64. The molecule has 0 aliphatic carbocycles. The van der Waals surface area contributed by atoms with Gasteiger partial charge in [0.2, 0.25) is 5.91 Å². The number of thiophene rings is 1. The summed E-state index contributed by atoms with van der Waals surface area (Å²) in [5.41, 5.74) is 1.06. The number of hydrogen-bond donors (Lipinski definition) is 1. The van der Waals surface area contributed by atoms with Crippen LogP contribution in [0, 0.1) is 17.2 Å². The summed E-state index contributed by atoms with van der Waals surface area (Å²) in [5.74, 6) is 0.00914. The van der Waals surface area contributed by atoms with Gasteiger partial charge in [-0.1, -0.05) is 37.3 Å². The number of amides is 1. The molecule has 1 fully saturated rings. The monoisotopic (exact) mass is 539 g/mol. The molecule has 0 spiro atoms. The second-order valence-corrected chi connectivity index (χ2v) is 11.1. The van der Waals surface area contributed by atoms with Gasteiger partial charge >= 0.3 is 6.18 Å². The summed E-state index contributed by atoms with van der Waals surface area (Å²) < 4.78 is 43.2. The predicted molar refractivity (Wildman–Crippen MR) is 139 cm³/mol. The first-order valence-corrected chi connectivity index (χ1v) is 13.5. The normalized spacial score (nSPS) is 21.6. The Morgan fingerprint density at radius 2 is 2.08 bits per heavy atom. The van der Waals surface area contributed by atoms with Gasteiger partial charge in [-0.15, -0.1) is 11.3 Å². The number of nitrogens with one attached hydrogen (secondary N) is 1. The Balaban J connectivity index is 1.55. The predicted octanol–water partition coefficient (Wildman–Crippen LogP) is 5.55. The minimum absolute atomic E-state index is 0.0111. The van der Waals surface area contributed by atoms with E-state index in [1.165, 1.54) is 22.2 Å². The van der Waals surface area contributed by atoms with Crippen LogP contribution in [0.2, 0.25) is 0 Å². The molecule has 2 aliphatic rings. The molecule has 38 heavy (non-hydrogen) atoms. The molecule has 6 nitrogen and oxygen atoms in total. The molecule has 3 atom stereocenters. The lowest BCUT2D eigenvalue weighted by atomic mass is 9.83. The largest absolute Gasteiger partial charge is 0.435 e. The van der Waals surface area contributed by atoms with E-state index in [0.29, 0.717) is 41.6 Å². The second-order valence-electron chi connectivity index (χ2n) is 9.92. The standard InChI is InChI=1S/C28H28F3N5OS/c1-3-36-15-24(27(34-36)28(29,30)31)21-7-5-4-6-20(21)23-14-35(16-25-22(23)11-19(12-32)38-25)26(37)9-8-18-10-17(2)13-33-18/h4-9,11,15,17-18,23,33H,3,10,13-14,16H2,1-2H3/b9-8+/t17-,18-,23+/m1/s1. The molecule has 198 valence electrons. The van der Waals surface area contributed by atoms with Gasteiger partial charge in [-0.05, 0) is 48.6 Å². The van der Waals surface area contributed by atoms with E-state index < -0.39 is 11.9 Å². The van der Waals surface area contributed by atoms with Crippen molar-refractivity contribution < 1.29 is 18.0 Å². The molecule has 3 aromatic rings. The third-order valence-electron chi connectivity index (χ3n) is 7.21. The molecule has 4 heterocycles. The summed E-state index contributed by atoms with van der Waals surface area (Å²) in [5, 5.41) is 16.7.